The van der Waals surface area contributed by atoms with Gasteiger partial charge in [0.25, 0.3) is 0 Å². The maximum atomic E-state index is 12.5. The highest BCUT2D eigenvalue weighted by molar-refractivity contribution is 8.00. The third-order valence-corrected chi connectivity index (χ3v) is 4.66. The van der Waals surface area contributed by atoms with Gasteiger partial charge in [-0.25, -0.2) is 0 Å². The molecule has 0 aromatic heterocycles. The molecule has 0 aliphatic heterocycles. The number of aromatic hydroxyl groups is 1. The third kappa shape index (κ3) is 8.26. The van der Waals surface area contributed by atoms with Crippen LogP contribution in [0.1, 0.15) is 68.6 Å². The largest absolute Gasteiger partial charge is 0.508 e. The van der Waals surface area contributed by atoms with Crippen molar-refractivity contribution in [2.45, 2.75) is 57.5 Å². The first-order valence-corrected chi connectivity index (χ1v) is 9.69. The molecule has 0 amide bonds. The molecular weight excluding hydrogens is 328 g/mol. The number of Topliss-reactive ketones (excluding diaryl/α,β-unsaturated/α-hetero) is 1. The smallest absolute Gasteiger partial charge is 0.164 e. The number of hydrogen-bond acceptors (Lipinski definition) is 3. The summed E-state index contributed by atoms with van der Waals surface area (Å²) >= 11 is 1.78. The number of hydrogen-bond donors (Lipinski definition) is 1. The predicted octanol–water partition coefficient (Wildman–Crippen LogP) is 6.65. The van der Waals surface area contributed by atoms with Gasteiger partial charge in [0.2, 0.25) is 0 Å². The van der Waals surface area contributed by atoms with Crippen molar-refractivity contribution in [1.29, 1.82) is 0 Å². The van der Waals surface area contributed by atoms with Crippen LogP contribution in [0.3, 0.4) is 0 Å². The standard InChI is InChI=1S/C19H22O2S.C3H8/c1-19(2,3)22-18(15-9-11-16(20)12-10-15)13-17(21)14-7-5-4-6-8-14;1-3-2/h4-12,18,20H,13H2,1-3H3;3H2,1-2H3. The van der Waals surface area contributed by atoms with Crippen LogP contribution in [0.25, 0.3) is 0 Å². The van der Waals surface area contributed by atoms with Crippen LogP contribution in [0, 0.1) is 0 Å². The van der Waals surface area contributed by atoms with Crippen molar-refractivity contribution >= 4 is 17.5 Å². The molecule has 0 heterocycles. The number of ketones is 1. The lowest BCUT2D eigenvalue weighted by Gasteiger charge is -2.26. The quantitative estimate of drug-likeness (QED) is 0.608. The molecule has 2 rings (SSSR count). The second kappa shape index (κ2) is 10.3. The molecule has 1 N–H and O–H groups in total. The number of rotatable bonds is 5. The van der Waals surface area contributed by atoms with Crippen LogP contribution < -0.4 is 0 Å². The van der Waals surface area contributed by atoms with Gasteiger partial charge in [0.1, 0.15) is 5.75 Å². The van der Waals surface area contributed by atoms with Gasteiger partial charge in [0.05, 0.1) is 0 Å². The van der Waals surface area contributed by atoms with Gasteiger partial charge in [-0.3, -0.25) is 4.79 Å². The van der Waals surface area contributed by atoms with Crippen molar-refractivity contribution in [2.75, 3.05) is 0 Å². The summed E-state index contributed by atoms with van der Waals surface area (Å²) in [4.78, 5) is 12.5. The Kier molecular flexibility index (Phi) is 8.77. The lowest BCUT2D eigenvalue weighted by molar-refractivity contribution is 0.0982. The fourth-order valence-electron chi connectivity index (χ4n) is 2.25. The van der Waals surface area contributed by atoms with E-state index >= 15 is 0 Å². The van der Waals surface area contributed by atoms with Gasteiger partial charge >= 0.3 is 0 Å². The second-order valence-electron chi connectivity index (χ2n) is 7.01. The molecule has 0 aliphatic carbocycles. The van der Waals surface area contributed by atoms with Gasteiger partial charge in [-0.15, -0.1) is 11.8 Å². The lowest BCUT2D eigenvalue weighted by atomic mass is 10.0. The zero-order valence-electron chi connectivity index (χ0n) is 16.0. The maximum Gasteiger partial charge on any atom is 0.164 e. The first kappa shape index (κ1) is 21.3. The molecule has 3 heteroatoms. The molecule has 0 saturated carbocycles. The van der Waals surface area contributed by atoms with E-state index in [0.29, 0.717) is 6.42 Å². The zero-order valence-corrected chi connectivity index (χ0v) is 16.8. The number of carbonyl (C=O) groups excluding carboxylic acids is 1. The van der Waals surface area contributed by atoms with Crippen LogP contribution in [-0.2, 0) is 0 Å². The molecule has 2 aromatic carbocycles. The molecule has 25 heavy (non-hydrogen) atoms. The van der Waals surface area contributed by atoms with Gasteiger partial charge in [-0.1, -0.05) is 83.5 Å². The molecule has 0 radical (unpaired) electrons. The third-order valence-electron chi connectivity index (χ3n) is 3.23. The van der Waals surface area contributed by atoms with E-state index in [2.05, 4.69) is 34.6 Å². The number of phenolic OH excluding ortho intramolecular Hbond substituents is 1. The summed E-state index contributed by atoms with van der Waals surface area (Å²) in [6.45, 7) is 10.7. The van der Waals surface area contributed by atoms with E-state index in [-0.39, 0.29) is 21.5 Å². The molecule has 0 aliphatic rings. The highest BCUT2D eigenvalue weighted by Gasteiger charge is 2.23. The summed E-state index contributed by atoms with van der Waals surface area (Å²) in [5, 5.41) is 9.53. The summed E-state index contributed by atoms with van der Waals surface area (Å²) in [5.74, 6) is 0.396. The summed E-state index contributed by atoms with van der Waals surface area (Å²) < 4.78 is 0.0551. The van der Waals surface area contributed by atoms with E-state index in [1.807, 2.05) is 42.5 Å². The Labute approximate surface area is 156 Å². The second-order valence-corrected chi connectivity index (χ2v) is 9.04. The van der Waals surface area contributed by atoms with Crippen molar-refractivity contribution in [2.24, 2.45) is 0 Å². The van der Waals surface area contributed by atoms with Gasteiger partial charge in [0, 0.05) is 22.0 Å². The van der Waals surface area contributed by atoms with Gasteiger partial charge in [-0.2, -0.15) is 0 Å². The van der Waals surface area contributed by atoms with E-state index in [1.165, 1.54) is 6.42 Å². The molecule has 0 bridgehead atoms. The molecule has 1 atom stereocenters. The molecule has 0 spiro atoms. The van der Waals surface area contributed by atoms with E-state index in [0.717, 1.165) is 11.1 Å². The Balaban J connectivity index is 0.000000970. The average Bonchev–Trinajstić information content (AvgIpc) is 2.55. The molecule has 0 saturated heterocycles. The maximum absolute atomic E-state index is 12.5. The summed E-state index contributed by atoms with van der Waals surface area (Å²) in [6, 6.07) is 16.6. The van der Waals surface area contributed by atoms with Crippen molar-refractivity contribution in [3.05, 3.63) is 65.7 Å². The minimum atomic E-state index is 0.0551. The minimum Gasteiger partial charge on any atom is -0.508 e. The summed E-state index contributed by atoms with van der Waals surface area (Å²) in [6.07, 6.45) is 1.71. The van der Waals surface area contributed by atoms with Crippen LogP contribution >= 0.6 is 11.8 Å². The Hall–Kier alpha value is -1.74. The van der Waals surface area contributed by atoms with E-state index < -0.39 is 0 Å². The number of carbonyl (C=O) groups is 1. The fraction of sp³-hybridized carbons (Fsp3) is 0.409. The van der Waals surface area contributed by atoms with E-state index in [4.69, 9.17) is 0 Å². The molecule has 136 valence electrons. The van der Waals surface area contributed by atoms with Crippen LogP contribution in [0.5, 0.6) is 5.75 Å². The highest BCUT2D eigenvalue weighted by atomic mass is 32.2. The normalized spacial score (nSPS) is 12.0. The fourth-order valence-corrected chi connectivity index (χ4v) is 3.64. The Morgan fingerprint density at radius 1 is 1.00 bits per heavy atom. The first-order chi connectivity index (χ1) is 11.8. The lowest BCUT2D eigenvalue weighted by Crippen LogP contribution is -2.14. The van der Waals surface area contributed by atoms with Gasteiger partial charge in [-0.05, 0) is 17.7 Å². The number of phenols is 1. The Morgan fingerprint density at radius 3 is 2.00 bits per heavy atom. The monoisotopic (exact) mass is 358 g/mol. The molecule has 2 nitrogen and oxygen atoms in total. The molecule has 2 aromatic rings. The van der Waals surface area contributed by atoms with Gasteiger partial charge < -0.3 is 5.11 Å². The zero-order chi connectivity index (χ0) is 18.9. The van der Waals surface area contributed by atoms with Crippen LogP contribution in [0.15, 0.2) is 54.6 Å². The topological polar surface area (TPSA) is 37.3 Å². The highest BCUT2D eigenvalue weighted by Crippen LogP contribution is 2.41. The molecular formula is C22H30O2S. The van der Waals surface area contributed by atoms with E-state index in [9.17, 15) is 9.90 Å². The average molecular weight is 359 g/mol. The summed E-state index contributed by atoms with van der Waals surface area (Å²) in [7, 11) is 0. The van der Waals surface area contributed by atoms with Gasteiger partial charge in [0.15, 0.2) is 5.78 Å². The molecule has 1 unspecified atom stereocenters. The van der Waals surface area contributed by atoms with Crippen molar-refractivity contribution in [3.8, 4) is 5.75 Å². The van der Waals surface area contributed by atoms with Crippen LogP contribution in [-0.4, -0.2) is 15.6 Å². The first-order valence-electron chi connectivity index (χ1n) is 8.81. The Morgan fingerprint density at radius 2 is 1.52 bits per heavy atom. The molecule has 0 fully saturated rings. The minimum absolute atomic E-state index is 0.0551. The van der Waals surface area contributed by atoms with Crippen LogP contribution in [0.2, 0.25) is 0 Å². The van der Waals surface area contributed by atoms with E-state index in [1.54, 1.807) is 23.9 Å². The van der Waals surface area contributed by atoms with Crippen molar-refractivity contribution in [1.82, 2.24) is 0 Å². The predicted molar refractivity (Wildman–Crippen MR) is 110 cm³/mol. The number of benzene rings is 2. The number of thioether (sulfide) groups is 1. The summed E-state index contributed by atoms with van der Waals surface area (Å²) in [5.41, 5.74) is 1.82. The van der Waals surface area contributed by atoms with Crippen LogP contribution in [0.4, 0.5) is 0 Å². The van der Waals surface area contributed by atoms with Crippen molar-refractivity contribution in [3.63, 3.8) is 0 Å². The van der Waals surface area contributed by atoms with Crippen molar-refractivity contribution < 1.29 is 9.90 Å². The SMILES string of the molecule is CC(C)(C)SC(CC(=O)c1ccccc1)c1ccc(O)cc1.CCC. The Bertz CT molecular complexity index is 627.